The molecule has 0 aromatic heterocycles. The highest BCUT2D eigenvalue weighted by atomic mass is 32.2. The molecule has 1 saturated carbocycles. The molecule has 4 amide bonds. The summed E-state index contributed by atoms with van der Waals surface area (Å²) in [6, 6.07) is -0.856. The van der Waals surface area contributed by atoms with Crippen LogP contribution in [0.5, 0.6) is 0 Å². The number of rotatable bonds is 4. The van der Waals surface area contributed by atoms with E-state index in [1.165, 1.54) is 4.31 Å². The first-order valence-electron chi connectivity index (χ1n) is 10.2. The van der Waals surface area contributed by atoms with Crippen LogP contribution in [0, 0.1) is 11.3 Å². The van der Waals surface area contributed by atoms with Gasteiger partial charge in [-0.1, -0.05) is 20.8 Å². The number of urea groups is 1. The van der Waals surface area contributed by atoms with Gasteiger partial charge in [0.2, 0.25) is 15.9 Å². The fourth-order valence-corrected chi connectivity index (χ4v) is 6.34. The smallest absolute Gasteiger partial charge is 0.325 e. The van der Waals surface area contributed by atoms with Crippen molar-refractivity contribution >= 4 is 27.9 Å². The zero-order valence-electron chi connectivity index (χ0n) is 17.7. The number of nitrogens with one attached hydrogen (secondary N) is 2. The van der Waals surface area contributed by atoms with Crippen LogP contribution in [0.25, 0.3) is 0 Å². The summed E-state index contributed by atoms with van der Waals surface area (Å²) in [4.78, 5) is 39.2. The van der Waals surface area contributed by atoms with Crippen molar-refractivity contribution in [1.82, 2.24) is 19.8 Å². The fraction of sp³-hybridized carbons (Fsp3) is 0.842. The molecule has 2 N–H and O–H groups in total. The Kier molecular flexibility index (Phi) is 5.72. The van der Waals surface area contributed by atoms with Crippen molar-refractivity contribution in [3.05, 3.63) is 0 Å². The highest BCUT2D eigenvalue weighted by molar-refractivity contribution is 7.88. The number of sulfonamides is 1. The maximum absolute atomic E-state index is 13.1. The molecule has 3 fully saturated rings. The molecular weight excluding hydrogens is 396 g/mol. The third-order valence-corrected chi connectivity index (χ3v) is 7.41. The fourth-order valence-electron chi connectivity index (χ4n) is 5.43. The Bertz CT molecular complexity index is 811. The summed E-state index contributed by atoms with van der Waals surface area (Å²) in [6.07, 6.45) is 4.57. The van der Waals surface area contributed by atoms with Gasteiger partial charge >= 0.3 is 6.03 Å². The van der Waals surface area contributed by atoms with E-state index < -0.39 is 27.5 Å². The molecule has 10 heteroatoms. The molecule has 3 aliphatic rings. The molecule has 0 bridgehead atoms. The first-order valence-corrected chi connectivity index (χ1v) is 12.0. The Balaban J connectivity index is 1.64. The number of piperidine rings is 1. The molecule has 3 unspecified atom stereocenters. The van der Waals surface area contributed by atoms with Gasteiger partial charge < -0.3 is 10.6 Å². The number of amides is 4. The van der Waals surface area contributed by atoms with Crippen molar-refractivity contribution in [2.24, 2.45) is 11.3 Å². The molecule has 0 aromatic rings. The Hall–Kier alpha value is -1.68. The monoisotopic (exact) mass is 428 g/mol. The summed E-state index contributed by atoms with van der Waals surface area (Å²) < 4.78 is 24.8. The van der Waals surface area contributed by atoms with E-state index in [1.54, 1.807) is 0 Å². The second kappa shape index (κ2) is 7.54. The van der Waals surface area contributed by atoms with Gasteiger partial charge in [-0.05, 0) is 43.4 Å². The van der Waals surface area contributed by atoms with Gasteiger partial charge in [0.1, 0.15) is 12.1 Å². The largest absolute Gasteiger partial charge is 0.350 e. The maximum Gasteiger partial charge on any atom is 0.325 e. The normalized spacial score (nSPS) is 33.0. The first kappa shape index (κ1) is 22.0. The van der Waals surface area contributed by atoms with Gasteiger partial charge in [-0.15, -0.1) is 0 Å². The predicted octanol–water partition coefficient (Wildman–Crippen LogP) is 0.663. The highest BCUT2D eigenvalue weighted by Crippen LogP contribution is 2.46. The summed E-state index contributed by atoms with van der Waals surface area (Å²) >= 11 is 0. The summed E-state index contributed by atoms with van der Waals surface area (Å²) in [7, 11) is -3.32. The van der Waals surface area contributed by atoms with E-state index in [4.69, 9.17) is 0 Å². The lowest BCUT2D eigenvalue weighted by molar-refractivity contribution is -0.137. The average Bonchev–Trinajstić information content (AvgIpc) is 2.76. The third-order valence-electron chi connectivity index (χ3n) is 6.14. The van der Waals surface area contributed by atoms with Gasteiger partial charge in [-0.2, -0.15) is 0 Å². The number of imide groups is 1. The zero-order chi connectivity index (χ0) is 21.6. The third kappa shape index (κ3) is 4.74. The van der Waals surface area contributed by atoms with E-state index in [1.807, 2.05) is 0 Å². The SMILES string of the molecule is CC1CC(C)(C)CC2(C1)NC(=O)N(CC(=O)NC1CCCN(S(C)(=O)=O)C1)C2=O. The molecule has 29 heavy (non-hydrogen) atoms. The Morgan fingerprint density at radius 1 is 1.28 bits per heavy atom. The van der Waals surface area contributed by atoms with E-state index in [0.717, 1.165) is 17.6 Å². The van der Waals surface area contributed by atoms with Gasteiger partial charge in [-0.25, -0.2) is 17.5 Å². The Morgan fingerprint density at radius 2 is 1.97 bits per heavy atom. The molecule has 0 aromatic carbocycles. The molecular formula is C19H32N4O5S. The van der Waals surface area contributed by atoms with Crippen LogP contribution >= 0.6 is 0 Å². The molecule has 1 spiro atoms. The molecule has 1 aliphatic carbocycles. The van der Waals surface area contributed by atoms with Crippen LogP contribution in [-0.2, 0) is 19.6 Å². The molecule has 3 atom stereocenters. The zero-order valence-corrected chi connectivity index (χ0v) is 18.5. The van der Waals surface area contributed by atoms with Gasteiger partial charge in [0.05, 0.1) is 6.26 Å². The number of carbonyl (C=O) groups excluding carboxylic acids is 3. The highest BCUT2D eigenvalue weighted by Gasteiger charge is 2.56. The standard InChI is InChI=1S/C19H32N4O5S/c1-13-8-18(2,3)12-19(9-13)16(25)23(17(26)21-19)11-15(24)20-14-6-5-7-22(10-14)29(4,27)28/h13-14H,5-12H2,1-4H3,(H,20,24)(H,21,26). The van der Waals surface area contributed by atoms with Crippen LogP contribution in [0.15, 0.2) is 0 Å². The van der Waals surface area contributed by atoms with Crippen LogP contribution in [-0.4, -0.2) is 72.9 Å². The van der Waals surface area contributed by atoms with Crippen molar-refractivity contribution in [2.45, 2.75) is 64.5 Å². The minimum atomic E-state index is -3.32. The molecule has 164 valence electrons. The molecule has 2 aliphatic heterocycles. The summed E-state index contributed by atoms with van der Waals surface area (Å²) in [5.41, 5.74) is -1.01. The van der Waals surface area contributed by atoms with Gasteiger partial charge in [0.15, 0.2) is 0 Å². The first-order chi connectivity index (χ1) is 13.3. The van der Waals surface area contributed by atoms with Gasteiger partial charge in [0.25, 0.3) is 5.91 Å². The van der Waals surface area contributed by atoms with E-state index in [-0.39, 0.29) is 30.5 Å². The van der Waals surface area contributed by atoms with Gasteiger partial charge in [0, 0.05) is 19.1 Å². The molecule has 2 heterocycles. The predicted molar refractivity (Wildman–Crippen MR) is 107 cm³/mol. The molecule has 0 radical (unpaired) electrons. The minimum Gasteiger partial charge on any atom is -0.350 e. The molecule has 9 nitrogen and oxygen atoms in total. The summed E-state index contributed by atoms with van der Waals surface area (Å²) in [5.74, 6) is -0.492. The van der Waals surface area contributed by atoms with Gasteiger partial charge in [-0.3, -0.25) is 14.5 Å². The summed E-state index contributed by atoms with van der Waals surface area (Å²) in [6.45, 7) is 6.56. The van der Waals surface area contributed by atoms with Crippen molar-refractivity contribution in [3.8, 4) is 0 Å². The van der Waals surface area contributed by atoms with Crippen LogP contribution in [0.4, 0.5) is 4.79 Å². The quantitative estimate of drug-likeness (QED) is 0.638. The molecule has 3 rings (SSSR count). The number of hydrogen-bond acceptors (Lipinski definition) is 5. The van der Waals surface area contributed by atoms with E-state index in [0.29, 0.717) is 38.1 Å². The maximum atomic E-state index is 13.1. The molecule has 2 saturated heterocycles. The topological polar surface area (TPSA) is 116 Å². The lowest BCUT2D eigenvalue weighted by Gasteiger charge is -2.43. The van der Waals surface area contributed by atoms with E-state index in [2.05, 4.69) is 31.4 Å². The van der Waals surface area contributed by atoms with Crippen molar-refractivity contribution < 1.29 is 22.8 Å². The van der Waals surface area contributed by atoms with Crippen LogP contribution < -0.4 is 10.6 Å². The lowest BCUT2D eigenvalue weighted by Crippen LogP contribution is -2.55. The van der Waals surface area contributed by atoms with Crippen molar-refractivity contribution in [1.29, 1.82) is 0 Å². The lowest BCUT2D eigenvalue weighted by atomic mass is 9.64. The van der Waals surface area contributed by atoms with Crippen molar-refractivity contribution in [2.75, 3.05) is 25.9 Å². The minimum absolute atomic E-state index is 0.0733. The number of nitrogens with zero attached hydrogens (tertiary/aromatic N) is 2. The van der Waals surface area contributed by atoms with E-state index >= 15 is 0 Å². The number of hydrogen-bond donors (Lipinski definition) is 2. The Labute approximate surface area is 172 Å². The van der Waals surface area contributed by atoms with E-state index in [9.17, 15) is 22.8 Å². The van der Waals surface area contributed by atoms with Crippen molar-refractivity contribution in [3.63, 3.8) is 0 Å². The Morgan fingerprint density at radius 3 is 2.59 bits per heavy atom. The average molecular weight is 429 g/mol. The summed E-state index contributed by atoms with van der Waals surface area (Å²) in [5, 5.41) is 5.65. The van der Waals surface area contributed by atoms with Crippen LogP contribution in [0.3, 0.4) is 0 Å². The van der Waals surface area contributed by atoms with Crippen LogP contribution in [0.1, 0.15) is 52.9 Å². The second-order valence-electron chi connectivity index (χ2n) is 9.79. The second-order valence-corrected chi connectivity index (χ2v) is 11.8. The number of carbonyl (C=O) groups is 3. The van der Waals surface area contributed by atoms with Crippen LogP contribution in [0.2, 0.25) is 0 Å².